The zero-order chi connectivity index (χ0) is 24.4. The first-order valence-electron chi connectivity index (χ1n) is 12.6. The van der Waals surface area contributed by atoms with Crippen LogP contribution in [-0.2, 0) is 11.3 Å². The van der Waals surface area contributed by atoms with Gasteiger partial charge in [-0.15, -0.1) is 0 Å². The van der Waals surface area contributed by atoms with Crippen molar-refractivity contribution in [1.29, 1.82) is 0 Å². The number of ether oxygens (including phenoxy) is 1. The Morgan fingerprint density at radius 3 is 2.31 bits per heavy atom. The van der Waals surface area contributed by atoms with E-state index in [1.165, 1.54) is 0 Å². The van der Waals surface area contributed by atoms with Crippen molar-refractivity contribution < 1.29 is 14.3 Å². The van der Waals surface area contributed by atoms with Crippen LogP contribution in [0, 0.1) is 0 Å². The van der Waals surface area contributed by atoms with Crippen molar-refractivity contribution in [1.82, 2.24) is 14.4 Å². The zero-order valence-corrected chi connectivity index (χ0v) is 20.5. The van der Waals surface area contributed by atoms with Crippen molar-refractivity contribution in [2.45, 2.75) is 57.8 Å². The molecule has 3 aromatic rings. The molecule has 1 fully saturated rings. The third-order valence-electron chi connectivity index (χ3n) is 7.36. The number of hydrogen-bond acceptors (Lipinski definition) is 3. The molecule has 0 saturated carbocycles. The highest BCUT2D eigenvalue weighted by molar-refractivity contribution is 5.95. The topological polar surface area (TPSA) is 54.8 Å². The molecule has 0 aliphatic carbocycles. The molecule has 6 nitrogen and oxygen atoms in total. The van der Waals surface area contributed by atoms with Gasteiger partial charge >= 0.3 is 0 Å². The van der Waals surface area contributed by atoms with E-state index in [0.29, 0.717) is 17.9 Å². The van der Waals surface area contributed by atoms with Crippen LogP contribution in [0.15, 0.2) is 72.9 Å². The highest BCUT2D eigenvalue weighted by Gasteiger charge is 2.33. The molecular formula is C29H33N3O3. The number of rotatable bonds is 5. The van der Waals surface area contributed by atoms with Gasteiger partial charge in [0.25, 0.3) is 11.8 Å². The molecule has 2 aliphatic heterocycles. The molecular weight excluding hydrogens is 438 g/mol. The molecule has 1 saturated heterocycles. The summed E-state index contributed by atoms with van der Waals surface area (Å²) in [5, 5.41) is 0. The highest BCUT2D eigenvalue weighted by Crippen LogP contribution is 2.33. The van der Waals surface area contributed by atoms with E-state index in [2.05, 4.69) is 42.8 Å². The molecule has 3 atom stereocenters. The summed E-state index contributed by atoms with van der Waals surface area (Å²) < 4.78 is 8.03. The Morgan fingerprint density at radius 2 is 1.60 bits per heavy atom. The van der Waals surface area contributed by atoms with Gasteiger partial charge in [0.1, 0.15) is 5.75 Å². The molecule has 6 heteroatoms. The molecule has 1 aromatic heterocycles. The summed E-state index contributed by atoms with van der Waals surface area (Å²) in [6.07, 6.45) is 5.32. The van der Waals surface area contributed by atoms with Crippen molar-refractivity contribution in [3.05, 3.63) is 89.7 Å². The SMILES string of the molecule is CC1CCCC(C)N1C(=O)COc1ccc(C(=O)N2CCn3cccc3C2c2ccccc2)cc1. The summed E-state index contributed by atoms with van der Waals surface area (Å²) in [5.74, 6) is 0.608. The van der Waals surface area contributed by atoms with Crippen LogP contribution in [0.3, 0.4) is 0 Å². The predicted octanol–water partition coefficient (Wildman–Crippen LogP) is 4.90. The van der Waals surface area contributed by atoms with Crippen molar-refractivity contribution in [2.24, 2.45) is 0 Å². The van der Waals surface area contributed by atoms with E-state index >= 15 is 0 Å². The van der Waals surface area contributed by atoms with Gasteiger partial charge in [0.15, 0.2) is 6.61 Å². The van der Waals surface area contributed by atoms with Crippen LogP contribution in [-0.4, -0.2) is 51.4 Å². The third kappa shape index (κ3) is 4.70. The predicted molar refractivity (Wildman–Crippen MR) is 135 cm³/mol. The lowest BCUT2D eigenvalue weighted by Crippen LogP contribution is -2.49. The quantitative estimate of drug-likeness (QED) is 0.532. The number of benzene rings is 2. The van der Waals surface area contributed by atoms with Gasteiger partial charge in [-0.25, -0.2) is 0 Å². The van der Waals surface area contributed by atoms with Crippen LogP contribution in [0.2, 0.25) is 0 Å². The van der Waals surface area contributed by atoms with Crippen molar-refractivity contribution >= 4 is 11.8 Å². The molecule has 2 aromatic carbocycles. The Morgan fingerprint density at radius 1 is 0.886 bits per heavy atom. The average Bonchev–Trinajstić information content (AvgIpc) is 3.36. The first kappa shape index (κ1) is 23.2. The Bertz CT molecular complexity index is 1160. The standard InChI is InChI=1S/C29H33N3O3/c1-21-8-6-9-22(2)32(21)27(33)20-35-25-15-13-24(14-16-25)29(34)31-19-18-30-17-7-12-26(30)28(31)23-10-4-3-5-11-23/h3-5,7,10-17,21-22,28H,6,8-9,18-20H2,1-2H3. The first-order chi connectivity index (χ1) is 17.0. The normalized spacial score (nSPS) is 21.9. The van der Waals surface area contributed by atoms with E-state index in [-0.39, 0.29) is 36.5 Å². The molecule has 182 valence electrons. The largest absolute Gasteiger partial charge is 0.484 e. The van der Waals surface area contributed by atoms with E-state index in [1.807, 2.05) is 34.1 Å². The third-order valence-corrected chi connectivity index (χ3v) is 7.36. The lowest BCUT2D eigenvalue weighted by Gasteiger charge is -2.39. The minimum absolute atomic E-state index is 0.00936. The number of likely N-dealkylation sites (tertiary alicyclic amines) is 1. The summed E-state index contributed by atoms with van der Waals surface area (Å²) in [6.45, 7) is 5.64. The summed E-state index contributed by atoms with van der Waals surface area (Å²) in [4.78, 5) is 30.3. The van der Waals surface area contributed by atoms with Crippen molar-refractivity contribution in [3.8, 4) is 5.75 Å². The molecule has 0 bridgehead atoms. The number of carbonyl (C=O) groups excluding carboxylic acids is 2. The Balaban J connectivity index is 1.28. The van der Waals surface area contributed by atoms with Crippen LogP contribution in [0.1, 0.15) is 60.8 Å². The van der Waals surface area contributed by atoms with E-state index in [9.17, 15) is 9.59 Å². The second-order valence-electron chi connectivity index (χ2n) is 9.68. The fourth-order valence-corrected chi connectivity index (χ4v) is 5.58. The molecule has 0 radical (unpaired) electrons. The lowest BCUT2D eigenvalue weighted by atomic mass is 9.97. The van der Waals surface area contributed by atoms with Gasteiger partial charge in [0.2, 0.25) is 0 Å². The minimum atomic E-state index is -0.130. The molecule has 5 rings (SSSR count). The molecule has 0 N–H and O–H groups in total. The zero-order valence-electron chi connectivity index (χ0n) is 20.5. The number of fused-ring (bicyclic) bond motifs is 1. The number of hydrogen-bond donors (Lipinski definition) is 0. The summed E-state index contributed by atoms with van der Waals surface area (Å²) in [6, 6.07) is 21.8. The number of nitrogens with zero attached hydrogens (tertiary/aromatic N) is 3. The second-order valence-corrected chi connectivity index (χ2v) is 9.68. The fourth-order valence-electron chi connectivity index (χ4n) is 5.58. The van der Waals surface area contributed by atoms with Gasteiger partial charge in [-0.05, 0) is 75.1 Å². The summed E-state index contributed by atoms with van der Waals surface area (Å²) >= 11 is 0. The van der Waals surface area contributed by atoms with Crippen LogP contribution in [0.25, 0.3) is 0 Å². The Hall–Kier alpha value is -3.54. The molecule has 2 amide bonds. The van der Waals surface area contributed by atoms with Gasteiger partial charge < -0.3 is 19.1 Å². The molecule has 3 unspecified atom stereocenters. The van der Waals surface area contributed by atoms with Crippen molar-refractivity contribution in [3.63, 3.8) is 0 Å². The van der Waals surface area contributed by atoms with Gasteiger partial charge in [-0.2, -0.15) is 0 Å². The number of amides is 2. The maximum Gasteiger partial charge on any atom is 0.260 e. The maximum absolute atomic E-state index is 13.6. The smallest absolute Gasteiger partial charge is 0.260 e. The monoisotopic (exact) mass is 471 g/mol. The lowest BCUT2D eigenvalue weighted by molar-refractivity contribution is -0.139. The van der Waals surface area contributed by atoms with Gasteiger partial charge in [-0.3, -0.25) is 9.59 Å². The number of aromatic nitrogens is 1. The molecule has 3 heterocycles. The average molecular weight is 472 g/mol. The Kier molecular flexibility index (Phi) is 6.62. The van der Waals surface area contributed by atoms with Gasteiger partial charge in [0, 0.05) is 42.6 Å². The Labute approximate surface area is 207 Å². The van der Waals surface area contributed by atoms with Crippen molar-refractivity contribution in [2.75, 3.05) is 13.2 Å². The van der Waals surface area contributed by atoms with E-state index in [0.717, 1.165) is 37.1 Å². The second kappa shape index (κ2) is 9.98. The van der Waals surface area contributed by atoms with Gasteiger partial charge in [0.05, 0.1) is 6.04 Å². The van der Waals surface area contributed by atoms with E-state index in [4.69, 9.17) is 4.74 Å². The summed E-state index contributed by atoms with van der Waals surface area (Å²) in [5.41, 5.74) is 2.83. The molecule has 0 spiro atoms. The number of carbonyl (C=O) groups is 2. The number of piperidine rings is 1. The fraction of sp³-hybridized carbons (Fsp3) is 0.379. The van der Waals surface area contributed by atoms with Crippen LogP contribution < -0.4 is 4.74 Å². The van der Waals surface area contributed by atoms with Crippen LogP contribution in [0.5, 0.6) is 5.75 Å². The van der Waals surface area contributed by atoms with Crippen LogP contribution >= 0.6 is 0 Å². The minimum Gasteiger partial charge on any atom is -0.484 e. The van der Waals surface area contributed by atoms with E-state index in [1.54, 1.807) is 24.3 Å². The first-order valence-corrected chi connectivity index (χ1v) is 12.6. The highest BCUT2D eigenvalue weighted by atomic mass is 16.5. The molecule has 2 aliphatic rings. The maximum atomic E-state index is 13.6. The van der Waals surface area contributed by atoms with Crippen LogP contribution in [0.4, 0.5) is 0 Å². The summed E-state index contributed by atoms with van der Waals surface area (Å²) in [7, 11) is 0. The van der Waals surface area contributed by atoms with Gasteiger partial charge in [-0.1, -0.05) is 30.3 Å². The molecule has 35 heavy (non-hydrogen) atoms. The van der Waals surface area contributed by atoms with E-state index < -0.39 is 0 Å².